The third-order valence-electron chi connectivity index (χ3n) is 4.01. The highest BCUT2D eigenvalue weighted by atomic mass is 19.4. The van der Waals surface area contributed by atoms with Crippen molar-refractivity contribution in [2.24, 2.45) is 0 Å². The second kappa shape index (κ2) is 11.0. The van der Waals surface area contributed by atoms with Crippen molar-refractivity contribution in [2.75, 3.05) is 20.3 Å². The first-order valence-corrected chi connectivity index (χ1v) is 9.32. The predicted octanol–water partition coefficient (Wildman–Crippen LogP) is 3.37. The van der Waals surface area contributed by atoms with E-state index in [-0.39, 0.29) is 30.2 Å². The summed E-state index contributed by atoms with van der Waals surface area (Å²) in [5.74, 6) is -2.45. The van der Waals surface area contributed by atoms with Crippen LogP contribution in [0.4, 0.5) is 18.9 Å². The molecule has 1 amide bonds. The molecular formula is C20H19F3N2O8. The zero-order valence-corrected chi connectivity index (χ0v) is 17.4. The van der Waals surface area contributed by atoms with Crippen LogP contribution in [0.15, 0.2) is 36.4 Å². The Morgan fingerprint density at radius 3 is 2.42 bits per heavy atom. The maximum atomic E-state index is 12.5. The van der Waals surface area contributed by atoms with Gasteiger partial charge in [0.05, 0.1) is 24.7 Å². The van der Waals surface area contributed by atoms with Crippen LogP contribution in [-0.2, 0) is 16.1 Å². The van der Waals surface area contributed by atoms with Gasteiger partial charge >= 0.3 is 12.3 Å². The normalized spacial score (nSPS) is 10.8. The highest BCUT2D eigenvalue weighted by Crippen LogP contribution is 2.35. The Kier molecular flexibility index (Phi) is 8.42. The number of amides is 1. The number of carbonyl (C=O) groups excluding carboxylic acids is 2. The minimum Gasteiger partial charge on any atom is -0.493 e. The van der Waals surface area contributed by atoms with Crippen molar-refractivity contribution < 1.29 is 46.6 Å². The van der Waals surface area contributed by atoms with Gasteiger partial charge in [-0.1, -0.05) is 18.2 Å². The second-order valence-corrected chi connectivity index (χ2v) is 6.22. The molecule has 0 fully saturated rings. The molecular weight excluding hydrogens is 453 g/mol. The van der Waals surface area contributed by atoms with Gasteiger partial charge in [-0.25, -0.2) is 4.79 Å². The van der Waals surface area contributed by atoms with Gasteiger partial charge in [0.15, 0.2) is 18.1 Å². The number of carbonyl (C=O) groups is 2. The van der Waals surface area contributed by atoms with E-state index in [2.05, 4.69) is 10.1 Å². The number of rotatable bonds is 10. The minimum absolute atomic E-state index is 0.0255. The lowest BCUT2D eigenvalue weighted by atomic mass is 10.1. The van der Waals surface area contributed by atoms with E-state index in [0.29, 0.717) is 0 Å². The molecule has 0 radical (unpaired) electrons. The molecule has 2 rings (SSSR count). The summed E-state index contributed by atoms with van der Waals surface area (Å²) >= 11 is 0. The summed E-state index contributed by atoms with van der Waals surface area (Å²) in [4.78, 5) is 34.9. The number of alkyl halides is 3. The van der Waals surface area contributed by atoms with E-state index in [1.54, 1.807) is 6.92 Å². The van der Waals surface area contributed by atoms with Crippen molar-refractivity contribution >= 4 is 17.6 Å². The number of nitrogens with one attached hydrogen (secondary N) is 1. The van der Waals surface area contributed by atoms with Crippen molar-refractivity contribution in [2.45, 2.75) is 19.8 Å². The third kappa shape index (κ3) is 7.26. The third-order valence-corrected chi connectivity index (χ3v) is 4.01. The number of nitrogens with zero attached hydrogens (tertiary/aromatic N) is 1. The largest absolute Gasteiger partial charge is 0.573 e. The highest BCUT2D eigenvalue weighted by Gasteiger charge is 2.32. The van der Waals surface area contributed by atoms with Gasteiger partial charge in [-0.05, 0) is 13.0 Å². The number of halogens is 3. The van der Waals surface area contributed by atoms with E-state index in [1.807, 2.05) is 0 Å². The lowest BCUT2D eigenvalue weighted by Gasteiger charge is -2.14. The van der Waals surface area contributed by atoms with Gasteiger partial charge < -0.3 is 24.3 Å². The molecule has 0 bridgehead atoms. The van der Waals surface area contributed by atoms with E-state index in [0.717, 1.165) is 18.2 Å². The van der Waals surface area contributed by atoms with E-state index in [9.17, 15) is 32.9 Å². The number of methoxy groups -OCH3 is 1. The van der Waals surface area contributed by atoms with Crippen LogP contribution in [0.3, 0.4) is 0 Å². The summed E-state index contributed by atoms with van der Waals surface area (Å²) in [6.45, 7) is 0.653. The van der Waals surface area contributed by atoms with Gasteiger partial charge in [0, 0.05) is 18.2 Å². The number of benzene rings is 2. The smallest absolute Gasteiger partial charge is 0.493 e. The number of ether oxygens (including phenoxy) is 4. The Morgan fingerprint density at radius 2 is 1.82 bits per heavy atom. The molecule has 0 atom stereocenters. The van der Waals surface area contributed by atoms with Crippen LogP contribution in [0.1, 0.15) is 22.8 Å². The van der Waals surface area contributed by atoms with Crippen LogP contribution in [0.5, 0.6) is 17.2 Å². The number of hydrogen-bond donors (Lipinski definition) is 1. The van der Waals surface area contributed by atoms with Crippen LogP contribution in [0, 0.1) is 10.1 Å². The van der Waals surface area contributed by atoms with Gasteiger partial charge in [-0.15, -0.1) is 13.2 Å². The number of para-hydroxylation sites is 1. The first-order chi connectivity index (χ1) is 15.6. The van der Waals surface area contributed by atoms with Gasteiger partial charge in [-0.3, -0.25) is 14.9 Å². The average Bonchev–Trinajstić information content (AvgIpc) is 2.75. The molecule has 0 aliphatic heterocycles. The summed E-state index contributed by atoms with van der Waals surface area (Å²) in [5, 5.41) is 13.6. The lowest BCUT2D eigenvalue weighted by molar-refractivity contribution is -0.385. The van der Waals surface area contributed by atoms with E-state index < -0.39 is 46.8 Å². The Hall–Kier alpha value is -4.03. The summed E-state index contributed by atoms with van der Waals surface area (Å²) < 4.78 is 56.4. The zero-order chi connectivity index (χ0) is 24.6. The van der Waals surface area contributed by atoms with Crippen molar-refractivity contribution in [1.29, 1.82) is 0 Å². The molecule has 2 aromatic carbocycles. The van der Waals surface area contributed by atoms with E-state index in [4.69, 9.17) is 14.2 Å². The summed E-state index contributed by atoms with van der Waals surface area (Å²) in [6.07, 6.45) is -4.91. The summed E-state index contributed by atoms with van der Waals surface area (Å²) in [5.41, 5.74) is -1.07. The molecule has 0 heterocycles. The SMILES string of the molecule is CCOc1cc(C(=O)OCC(=O)NCc2ccccc2OC(F)(F)F)c([N+](=O)[O-])cc1OC. The number of nitro benzene ring substituents is 1. The number of esters is 1. The molecule has 33 heavy (non-hydrogen) atoms. The molecule has 0 aromatic heterocycles. The fraction of sp³-hybridized carbons (Fsp3) is 0.300. The van der Waals surface area contributed by atoms with Gasteiger partial charge in [0.25, 0.3) is 11.6 Å². The minimum atomic E-state index is -4.91. The predicted molar refractivity (Wildman–Crippen MR) is 106 cm³/mol. The monoisotopic (exact) mass is 472 g/mol. The van der Waals surface area contributed by atoms with E-state index in [1.165, 1.54) is 25.3 Å². The van der Waals surface area contributed by atoms with Crippen molar-refractivity contribution in [3.05, 3.63) is 57.6 Å². The fourth-order valence-electron chi connectivity index (χ4n) is 2.62. The Morgan fingerprint density at radius 1 is 1.12 bits per heavy atom. The second-order valence-electron chi connectivity index (χ2n) is 6.22. The maximum absolute atomic E-state index is 12.5. The van der Waals surface area contributed by atoms with Crippen LogP contribution in [-0.4, -0.2) is 43.5 Å². The Bertz CT molecular complexity index is 1030. The van der Waals surface area contributed by atoms with Crippen molar-refractivity contribution in [1.82, 2.24) is 5.32 Å². The molecule has 10 nitrogen and oxygen atoms in total. The lowest BCUT2D eigenvalue weighted by Crippen LogP contribution is -2.29. The van der Waals surface area contributed by atoms with Crippen LogP contribution in [0.2, 0.25) is 0 Å². The van der Waals surface area contributed by atoms with Gasteiger partial charge in [0.1, 0.15) is 11.3 Å². The molecule has 2 aromatic rings. The van der Waals surface area contributed by atoms with Crippen LogP contribution < -0.4 is 19.5 Å². The fourth-order valence-corrected chi connectivity index (χ4v) is 2.62. The molecule has 0 saturated carbocycles. The molecule has 0 saturated heterocycles. The maximum Gasteiger partial charge on any atom is 0.573 e. The topological polar surface area (TPSA) is 126 Å². The molecule has 0 aliphatic carbocycles. The molecule has 0 unspecified atom stereocenters. The molecule has 13 heteroatoms. The molecule has 1 N–H and O–H groups in total. The summed E-state index contributed by atoms with van der Waals surface area (Å²) in [7, 11) is 1.27. The molecule has 0 spiro atoms. The van der Waals surface area contributed by atoms with E-state index >= 15 is 0 Å². The Balaban J connectivity index is 2.06. The average molecular weight is 472 g/mol. The highest BCUT2D eigenvalue weighted by molar-refractivity contribution is 5.96. The number of hydrogen-bond acceptors (Lipinski definition) is 8. The van der Waals surface area contributed by atoms with Gasteiger partial charge in [0.2, 0.25) is 0 Å². The number of nitro groups is 1. The van der Waals surface area contributed by atoms with Crippen LogP contribution >= 0.6 is 0 Å². The van der Waals surface area contributed by atoms with Crippen molar-refractivity contribution in [3.63, 3.8) is 0 Å². The summed E-state index contributed by atoms with van der Waals surface area (Å²) in [6, 6.07) is 7.21. The Labute approximate surface area is 185 Å². The first-order valence-electron chi connectivity index (χ1n) is 9.32. The molecule has 178 valence electrons. The molecule has 0 aliphatic rings. The van der Waals surface area contributed by atoms with Crippen LogP contribution in [0.25, 0.3) is 0 Å². The van der Waals surface area contributed by atoms with Crippen molar-refractivity contribution in [3.8, 4) is 17.2 Å². The van der Waals surface area contributed by atoms with Gasteiger partial charge in [-0.2, -0.15) is 0 Å². The standard InChI is InChI=1S/C20H19F3N2O8/c1-3-31-17-8-13(14(25(28)29)9-16(17)30-2)19(27)32-11-18(26)24-10-12-6-4-5-7-15(12)33-20(21,22)23/h4-9H,3,10-11H2,1-2H3,(H,24,26). The zero-order valence-electron chi connectivity index (χ0n) is 17.4. The quantitative estimate of drug-likeness (QED) is 0.317. The first kappa shape index (κ1) is 25.2.